The van der Waals surface area contributed by atoms with Crippen LogP contribution in [0.25, 0.3) is 22.9 Å². The first-order chi connectivity index (χ1) is 12.5. The molecule has 0 unspecified atom stereocenters. The van der Waals surface area contributed by atoms with Gasteiger partial charge in [0.15, 0.2) is 5.78 Å². The van der Waals surface area contributed by atoms with E-state index in [0.717, 1.165) is 16.8 Å². The number of aromatic nitrogens is 3. The van der Waals surface area contributed by atoms with Crippen molar-refractivity contribution in [1.29, 1.82) is 0 Å². The van der Waals surface area contributed by atoms with Gasteiger partial charge in [-0.05, 0) is 44.2 Å². The molecule has 0 radical (unpaired) electrons. The number of β-amino-alcohol motifs (C(OH)–C–C–N with tert-alkyl or cyclic N) is 1. The summed E-state index contributed by atoms with van der Waals surface area (Å²) in [6.07, 6.45) is 3.32. The van der Waals surface area contributed by atoms with E-state index in [-0.39, 0.29) is 12.4 Å². The number of hydrogen-bond acceptors (Lipinski definition) is 7. The lowest BCUT2D eigenvalue weighted by molar-refractivity contribution is 0.0922. The van der Waals surface area contributed by atoms with E-state index in [1.54, 1.807) is 36.7 Å². The molecule has 1 N–H and O–H groups in total. The van der Waals surface area contributed by atoms with Crippen molar-refractivity contribution in [2.24, 2.45) is 0 Å². The van der Waals surface area contributed by atoms with Crippen LogP contribution in [0.4, 0.5) is 5.69 Å². The summed E-state index contributed by atoms with van der Waals surface area (Å²) < 4.78 is 5.79. The van der Waals surface area contributed by atoms with E-state index in [1.807, 2.05) is 24.8 Å². The molecule has 0 atom stereocenters. The number of anilines is 1. The van der Waals surface area contributed by atoms with Gasteiger partial charge >= 0.3 is 0 Å². The number of hydrogen-bond donors (Lipinski definition) is 1. The summed E-state index contributed by atoms with van der Waals surface area (Å²) >= 11 is 0. The minimum atomic E-state index is -0.694. The van der Waals surface area contributed by atoms with Crippen LogP contribution in [0.15, 0.2) is 47.1 Å². The Morgan fingerprint density at radius 1 is 1.08 bits per heavy atom. The first-order valence-corrected chi connectivity index (χ1v) is 8.34. The van der Waals surface area contributed by atoms with Crippen molar-refractivity contribution in [3.8, 4) is 22.9 Å². The van der Waals surface area contributed by atoms with Crippen LogP contribution < -0.4 is 4.90 Å². The number of Topliss-reactive ketones (excluding diaryl/α,β-unsaturated/α-hetero) is 1. The second-order valence-corrected chi connectivity index (χ2v) is 6.64. The zero-order valence-electron chi connectivity index (χ0n) is 14.5. The predicted octanol–water partition coefficient (Wildman–Crippen LogP) is 2.57. The van der Waals surface area contributed by atoms with Gasteiger partial charge in [-0.1, -0.05) is 0 Å². The molecule has 0 saturated heterocycles. The van der Waals surface area contributed by atoms with Crippen molar-refractivity contribution < 1.29 is 14.3 Å². The number of carbonyl (C=O) groups excluding carboxylic acids is 1. The molecule has 3 aromatic rings. The molecule has 0 aliphatic carbocycles. The summed E-state index contributed by atoms with van der Waals surface area (Å²) in [7, 11) is 0. The van der Waals surface area contributed by atoms with E-state index < -0.39 is 5.54 Å². The number of aliphatic hydroxyl groups excluding tert-OH is 1. The predicted molar refractivity (Wildman–Crippen MR) is 95.8 cm³/mol. The fourth-order valence-electron chi connectivity index (χ4n) is 3.28. The summed E-state index contributed by atoms with van der Waals surface area (Å²) in [4.78, 5) is 18.5. The molecule has 0 bridgehead atoms. The van der Waals surface area contributed by atoms with Crippen molar-refractivity contribution >= 4 is 11.5 Å². The smallest absolute Gasteiger partial charge is 0.248 e. The number of ketones is 1. The molecule has 26 heavy (non-hydrogen) atoms. The second-order valence-electron chi connectivity index (χ2n) is 6.64. The van der Waals surface area contributed by atoms with E-state index in [1.165, 1.54) is 0 Å². The normalized spacial score (nSPS) is 15.3. The maximum absolute atomic E-state index is 12.7. The van der Waals surface area contributed by atoms with Gasteiger partial charge in [0.05, 0.1) is 12.1 Å². The highest BCUT2D eigenvalue weighted by atomic mass is 16.4. The Hall–Kier alpha value is -3.06. The van der Waals surface area contributed by atoms with E-state index in [0.29, 0.717) is 23.9 Å². The summed E-state index contributed by atoms with van der Waals surface area (Å²) in [5, 5.41) is 17.6. The number of nitrogens with zero attached hydrogens (tertiary/aromatic N) is 4. The quantitative estimate of drug-likeness (QED) is 0.773. The Labute approximate surface area is 150 Å². The molecule has 0 fully saturated rings. The number of benzene rings is 1. The van der Waals surface area contributed by atoms with Gasteiger partial charge in [-0.25, -0.2) is 0 Å². The molecule has 0 spiro atoms. The fourth-order valence-corrected chi connectivity index (χ4v) is 3.28. The second kappa shape index (κ2) is 6.03. The highest BCUT2D eigenvalue weighted by Crippen LogP contribution is 2.40. The maximum atomic E-state index is 12.7. The van der Waals surface area contributed by atoms with E-state index in [9.17, 15) is 9.90 Å². The maximum Gasteiger partial charge on any atom is 0.248 e. The van der Waals surface area contributed by atoms with Gasteiger partial charge in [-0.3, -0.25) is 9.78 Å². The number of rotatable bonds is 4. The third kappa shape index (κ3) is 2.48. The Bertz CT molecular complexity index is 966. The summed E-state index contributed by atoms with van der Waals surface area (Å²) in [5.41, 5.74) is 2.24. The highest BCUT2D eigenvalue weighted by Gasteiger charge is 2.43. The van der Waals surface area contributed by atoms with Crippen LogP contribution in [0.5, 0.6) is 0 Å². The van der Waals surface area contributed by atoms with Crippen LogP contribution in [0.3, 0.4) is 0 Å². The average molecular weight is 350 g/mol. The lowest BCUT2D eigenvalue weighted by atomic mass is 9.97. The minimum absolute atomic E-state index is 0.0346. The lowest BCUT2D eigenvalue weighted by Gasteiger charge is -2.32. The Kier molecular flexibility index (Phi) is 3.81. The van der Waals surface area contributed by atoms with Gasteiger partial charge in [-0.2, -0.15) is 0 Å². The molecule has 0 saturated carbocycles. The van der Waals surface area contributed by atoms with E-state index >= 15 is 0 Å². The minimum Gasteiger partial charge on any atom is -0.416 e. The molecule has 7 nitrogen and oxygen atoms in total. The molecule has 1 aliphatic heterocycles. The van der Waals surface area contributed by atoms with Gasteiger partial charge in [-0.15, -0.1) is 10.2 Å². The molecule has 3 heterocycles. The Morgan fingerprint density at radius 2 is 1.77 bits per heavy atom. The van der Waals surface area contributed by atoms with Crippen LogP contribution in [0, 0.1) is 0 Å². The summed E-state index contributed by atoms with van der Waals surface area (Å²) in [6.45, 7) is 4.06. The number of fused-ring (bicyclic) bond motifs is 1. The summed E-state index contributed by atoms with van der Waals surface area (Å²) in [5.74, 6) is 0.822. The van der Waals surface area contributed by atoms with Gasteiger partial charge in [0, 0.05) is 41.3 Å². The van der Waals surface area contributed by atoms with Gasteiger partial charge in [0.1, 0.15) is 0 Å². The van der Waals surface area contributed by atoms with Crippen molar-refractivity contribution in [1.82, 2.24) is 15.2 Å². The Balaban J connectivity index is 1.74. The molecular weight excluding hydrogens is 332 g/mol. The largest absolute Gasteiger partial charge is 0.416 e. The first kappa shape index (κ1) is 16.4. The summed E-state index contributed by atoms with van der Waals surface area (Å²) in [6, 6.07) is 9.04. The molecule has 1 aliphatic rings. The first-order valence-electron chi connectivity index (χ1n) is 8.34. The van der Waals surface area contributed by atoms with Crippen molar-refractivity contribution in [2.75, 3.05) is 18.1 Å². The molecular formula is C19H18N4O3. The Morgan fingerprint density at radius 3 is 2.46 bits per heavy atom. The van der Waals surface area contributed by atoms with E-state index in [2.05, 4.69) is 15.2 Å². The lowest BCUT2D eigenvalue weighted by Crippen LogP contribution is -2.46. The molecule has 0 amide bonds. The van der Waals surface area contributed by atoms with Crippen molar-refractivity contribution in [3.05, 3.63) is 48.3 Å². The molecule has 4 rings (SSSR count). The average Bonchev–Trinajstić information content (AvgIpc) is 3.21. The third-order valence-electron chi connectivity index (χ3n) is 4.69. The number of aliphatic hydroxyl groups is 1. The van der Waals surface area contributed by atoms with Gasteiger partial charge < -0.3 is 14.4 Å². The van der Waals surface area contributed by atoms with Crippen molar-refractivity contribution in [2.45, 2.75) is 19.4 Å². The zero-order chi connectivity index (χ0) is 18.3. The van der Waals surface area contributed by atoms with Crippen LogP contribution in [0.2, 0.25) is 0 Å². The number of pyridine rings is 1. The van der Waals surface area contributed by atoms with E-state index in [4.69, 9.17) is 4.42 Å². The van der Waals surface area contributed by atoms with Crippen molar-refractivity contribution in [3.63, 3.8) is 0 Å². The van der Waals surface area contributed by atoms with Crippen LogP contribution in [-0.4, -0.2) is 44.8 Å². The van der Waals surface area contributed by atoms with Gasteiger partial charge in [0.25, 0.3) is 0 Å². The van der Waals surface area contributed by atoms with Gasteiger partial charge in [0.2, 0.25) is 11.8 Å². The molecule has 132 valence electrons. The zero-order valence-corrected chi connectivity index (χ0v) is 14.5. The monoisotopic (exact) mass is 350 g/mol. The standard InChI is InChI=1S/C19H18N4O3/c1-19(2)16(25)14-4-3-13(11-15(14)23(19)9-10-24)18-22-21-17(26-18)12-5-7-20-8-6-12/h3-8,11,24H,9-10H2,1-2H3. The van der Waals surface area contributed by atoms with Crippen LogP contribution in [0.1, 0.15) is 24.2 Å². The topological polar surface area (TPSA) is 92.3 Å². The third-order valence-corrected chi connectivity index (χ3v) is 4.69. The molecule has 7 heteroatoms. The van der Waals surface area contributed by atoms with Crippen LogP contribution in [-0.2, 0) is 0 Å². The number of carbonyl (C=O) groups is 1. The van der Waals surface area contributed by atoms with Crippen LogP contribution >= 0.6 is 0 Å². The SMILES string of the molecule is CC1(C)C(=O)c2ccc(-c3nnc(-c4ccncc4)o3)cc2N1CCO. The molecule has 2 aromatic heterocycles. The molecule has 1 aromatic carbocycles. The fraction of sp³-hybridized carbons (Fsp3) is 0.263. The highest BCUT2D eigenvalue weighted by molar-refractivity contribution is 6.13.